The summed E-state index contributed by atoms with van der Waals surface area (Å²) in [5.41, 5.74) is 3.02. The minimum atomic E-state index is -3.83. The molecule has 1 heterocycles. The van der Waals surface area contributed by atoms with Crippen molar-refractivity contribution in [2.45, 2.75) is 24.8 Å². The van der Waals surface area contributed by atoms with Crippen molar-refractivity contribution >= 4 is 43.0 Å². The number of carbonyl (C=O) groups excluding carboxylic acids is 1. The second-order valence-electron chi connectivity index (χ2n) is 8.31. The van der Waals surface area contributed by atoms with Crippen molar-refractivity contribution in [1.82, 2.24) is 0 Å². The number of amides is 1. The van der Waals surface area contributed by atoms with Crippen LogP contribution in [0, 0.1) is 13.8 Å². The van der Waals surface area contributed by atoms with E-state index in [9.17, 15) is 21.6 Å². The molecule has 1 amide bonds. The smallest absolute Gasteiger partial charge is 0.267 e. The Morgan fingerprint density at radius 3 is 2.31 bits per heavy atom. The summed E-state index contributed by atoms with van der Waals surface area (Å²) < 4.78 is 59.5. The van der Waals surface area contributed by atoms with Crippen molar-refractivity contribution in [2.75, 3.05) is 27.1 Å². The Morgan fingerprint density at radius 1 is 0.971 bits per heavy atom. The minimum Gasteiger partial charge on any atom is -0.476 e. The van der Waals surface area contributed by atoms with Gasteiger partial charge in [0.1, 0.15) is 5.75 Å². The number of sulfonamides is 2. The Labute approximate surface area is 204 Å². The van der Waals surface area contributed by atoms with Crippen LogP contribution in [0.4, 0.5) is 17.1 Å². The second kappa shape index (κ2) is 9.23. The van der Waals surface area contributed by atoms with Crippen molar-refractivity contribution in [1.29, 1.82) is 0 Å². The van der Waals surface area contributed by atoms with Crippen molar-refractivity contribution in [3.63, 3.8) is 0 Å². The lowest BCUT2D eigenvalue weighted by Gasteiger charge is -2.33. The normalized spacial score (nSPS) is 15.6. The fraction of sp³-hybridized carbons (Fsp3) is 0.208. The Bertz CT molecular complexity index is 1490. The predicted molar refractivity (Wildman–Crippen MR) is 135 cm³/mol. The van der Waals surface area contributed by atoms with Crippen molar-refractivity contribution < 1.29 is 26.4 Å². The number of hydrogen-bond acceptors (Lipinski definition) is 6. The summed E-state index contributed by atoms with van der Waals surface area (Å²) in [7, 11) is -7.46. The van der Waals surface area contributed by atoms with Gasteiger partial charge in [-0.15, -0.1) is 0 Å². The van der Waals surface area contributed by atoms with E-state index in [4.69, 9.17) is 4.74 Å². The molecule has 1 aliphatic rings. The van der Waals surface area contributed by atoms with Gasteiger partial charge in [-0.3, -0.25) is 13.8 Å². The molecule has 0 unspecified atom stereocenters. The van der Waals surface area contributed by atoms with E-state index in [2.05, 4.69) is 10.0 Å². The van der Waals surface area contributed by atoms with E-state index in [1.54, 1.807) is 30.3 Å². The van der Waals surface area contributed by atoms with Crippen LogP contribution in [-0.2, 0) is 24.8 Å². The molecule has 0 saturated heterocycles. The lowest BCUT2D eigenvalue weighted by molar-refractivity contribution is -0.122. The van der Waals surface area contributed by atoms with Crippen LogP contribution < -0.4 is 19.1 Å². The van der Waals surface area contributed by atoms with Gasteiger partial charge >= 0.3 is 0 Å². The highest BCUT2D eigenvalue weighted by atomic mass is 32.2. The van der Waals surface area contributed by atoms with Gasteiger partial charge in [-0.05, 0) is 61.9 Å². The lowest BCUT2D eigenvalue weighted by Crippen LogP contribution is -2.48. The van der Waals surface area contributed by atoms with Gasteiger partial charge in [0, 0.05) is 5.69 Å². The van der Waals surface area contributed by atoms with Gasteiger partial charge in [0.15, 0.2) is 6.10 Å². The van der Waals surface area contributed by atoms with Crippen LogP contribution in [0.2, 0.25) is 0 Å². The maximum atomic E-state index is 12.8. The van der Waals surface area contributed by atoms with E-state index in [1.807, 2.05) is 26.0 Å². The van der Waals surface area contributed by atoms with E-state index >= 15 is 0 Å². The monoisotopic (exact) mass is 515 g/mol. The first-order chi connectivity index (χ1) is 16.4. The molecule has 0 fully saturated rings. The average Bonchev–Trinajstić information content (AvgIpc) is 2.80. The fourth-order valence-electron chi connectivity index (χ4n) is 3.72. The summed E-state index contributed by atoms with van der Waals surface area (Å²) in [6.07, 6.45) is -0.0238. The fourth-order valence-corrected chi connectivity index (χ4v) is 5.77. The molecule has 35 heavy (non-hydrogen) atoms. The summed E-state index contributed by atoms with van der Waals surface area (Å²) in [4.78, 5) is 12.9. The zero-order chi connectivity index (χ0) is 25.4. The van der Waals surface area contributed by atoms with Crippen LogP contribution in [0.15, 0.2) is 71.6 Å². The van der Waals surface area contributed by atoms with Crippen molar-refractivity contribution in [3.05, 3.63) is 77.9 Å². The number of aryl methyl sites for hydroxylation is 2. The molecule has 0 aliphatic carbocycles. The van der Waals surface area contributed by atoms with Gasteiger partial charge < -0.3 is 10.1 Å². The molecule has 0 bridgehead atoms. The standard InChI is InChI=1S/C24H25N3O6S2/c1-16-8-13-20(17(2)14-16)26-35(31,32)19-11-9-18(10-12-19)25-24(28)23-15-27(34(3,29)30)21-6-4-5-7-22(21)33-23/h4-14,23,26H,15H2,1-3H3,(H,25,28)/t23-/m1/s1. The number of carbonyl (C=O) groups is 1. The van der Waals surface area contributed by atoms with Crippen molar-refractivity contribution in [3.8, 4) is 5.75 Å². The SMILES string of the molecule is Cc1ccc(NS(=O)(=O)c2ccc(NC(=O)[C@H]3CN(S(C)(=O)=O)c4ccccc4O3)cc2)c(C)c1. The second-order valence-corrected chi connectivity index (χ2v) is 11.9. The highest BCUT2D eigenvalue weighted by Gasteiger charge is 2.34. The molecule has 1 aliphatic heterocycles. The van der Waals surface area contributed by atoms with Crippen LogP contribution in [0.5, 0.6) is 5.75 Å². The van der Waals surface area contributed by atoms with E-state index in [0.717, 1.165) is 21.7 Å². The molecule has 2 N–H and O–H groups in total. The number of hydrogen-bond donors (Lipinski definition) is 2. The van der Waals surface area contributed by atoms with Crippen LogP contribution in [0.25, 0.3) is 0 Å². The number of nitrogens with one attached hydrogen (secondary N) is 2. The number of anilines is 3. The average molecular weight is 516 g/mol. The van der Waals surface area contributed by atoms with E-state index in [0.29, 0.717) is 17.1 Å². The number of ether oxygens (including phenoxy) is 1. The molecule has 11 heteroatoms. The molecule has 184 valence electrons. The summed E-state index contributed by atoms with van der Waals surface area (Å²) >= 11 is 0. The summed E-state index contributed by atoms with van der Waals surface area (Å²) in [6, 6.07) is 17.6. The topological polar surface area (TPSA) is 122 Å². The number of rotatable bonds is 6. The van der Waals surface area contributed by atoms with Crippen LogP contribution in [0.3, 0.4) is 0 Å². The zero-order valence-corrected chi connectivity index (χ0v) is 21.0. The molecule has 0 spiro atoms. The molecular weight excluding hydrogens is 490 g/mol. The minimum absolute atomic E-state index is 0.0292. The van der Waals surface area contributed by atoms with E-state index in [-0.39, 0.29) is 17.2 Å². The maximum Gasteiger partial charge on any atom is 0.267 e. The predicted octanol–water partition coefficient (Wildman–Crippen LogP) is 3.27. The molecule has 0 saturated carbocycles. The van der Waals surface area contributed by atoms with Gasteiger partial charge in [0.05, 0.1) is 29.1 Å². The highest BCUT2D eigenvalue weighted by Crippen LogP contribution is 2.34. The van der Waals surface area contributed by atoms with Gasteiger partial charge in [0.25, 0.3) is 15.9 Å². The third-order valence-electron chi connectivity index (χ3n) is 5.49. The first kappa shape index (κ1) is 24.6. The lowest BCUT2D eigenvalue weighted by atomic mass is 10.1. The van der Waals surface area contributed by atoms with Gasteiger partial charge in [-0.1, -0.05) is 29.8 Å². The molecule has 1 atom stereocenters. The number of para-hydroxylation sites is 2. The highest BCUT2D eigenvalue weighted by molar-refractivity contribution is 7.92. The van der Waals surface area contributed by atoms with Gasteiger partial charge in [-0.25, -0.2) is 16.8 Å². The number of nitrogens with zero attached hydrogens (tertiary/aromatic N) is 1. The quantitative estimate of drug-likeness (QED) is 0.520. The zero-order valence-electron chi connectivity index (χ0n) is 19.3. The Balaban J connectivity index is 1.48. The van der Waals surface area contributed by atoms with E-state index in [1.165, 1.54) is 24.3 Å². The summed E-state index contributed by atoms with van der Waals surface area (Å²) in [6.45, 7) is 3.56. The van der Waals surface area contributed by atoms with Crippen LogP contribution >= 0.6 is 0 Å². The third kappa shape index (κ3) is 5.41. The Hall–Kier alpha value is -3.57. The number of fused-ring (bicyclic) bond motifs is 1. The van der Waals surface area contributed by atoms with Gasteiger partial charge in [0.2, 0.25) is 10.0 Å². The van der Waals surface area contributed by atoms with Crippen LogP contribution in [0.1, 0.15) is 11.1 Å². The molecule has 3 aromatic rings. The van der Waals surface area contributed by atoms with Gasteiger partial charge in [-0.2, -0.15) is 0 Å². The molecule has 9 nitrogen and oxygen atoms in total. The summed E-state index contributed by atoms with van der Waals surface area (Å²) in [5.74, 6) is -0.277. The molecule has 0 radical (unpaired) electrons. The Kier molecular flexibility index (Phi) is 6.48. The van der Waals surface area contributed by atoms with Crippen molar-refractivity contribution in [2.24, 2.45) is 0 Å². The molecule has 4 rings (SSSR count). The van der Waals surface area contributed by atoms with Crippen LogP contribution in [-0.4, -0.2) is 41.6 Å². The summed E-state index contributed by atoms with van der Waals surface area (Å²) in [5, 5.41) is 2.66. The first-order valence-corrected chi connectivity index (χ1v) is 14.0. The number of benzene rings is 3. The Morgan fingerprint density at radius 2 is 1.66 bits per heavy atom. The third-order valence-corrected chi connectivity index (χ3v) is 8.01. The molecular formula is C24H25N3O6S2. The van der Waals surface area contributed by atoms with E-state index < -0.39 is 32.1 Å². The first-order valence-electron chi connectivity index (χ1n) is 10.7. The molecule has 3 aromatic carbocycles. The maximum absolute atomic E-state index is 12.8. The largest absolute Gasteiger partial charge is 0.476 e. The molecule has 0 aromatic heterocycles.